The zero-order valence-electron chi connectivity index (χ0n) is 11.6. The molecule has 0 saturated carbocycles. The van der Waals surface area contributed by atoms with Gasteiger partial charge in [0.15, 0.2) is 0 Å². The summed E-state index contributed by atoms with van der Waals surface area (Å²) < 4.78 is 26.2. The lowest BCUT2D eigenvalue weighted by molar-refractivity contribution is -0.132. The molecule has 1 N–H and O–H groups in total. The zero-order valence-corrected chi connectivity index (χ0v) is 12.4. The van der Waals surface area contributed by atoms with Crippen LogP contribution in [0.5, 0.6) is 0 Å². The van der Waals surface area contributed by atoms with Gasteiger partial charge in [0.05, 0.1) is 5.75 Å². The van der Waals surface area contributed by atoms with Crippen LogP contribution in [0.4, 0.5) is 0 Å². The number of sulfonamides is 1. The van der Waals surface area contributed by atoms with Crippen molar-refractivity contribution in [1.29, 1.82) is 0 Å². The molecule has 1 aliphatic rings. The number of carbonyl (C=O) groups is 1. The van der Waals surface area contributed by atoms with Gasteiger partial charge in [0.2, 0.25) is 15.9 Å². The predicted molar refractivity (Wildman–Crippen MR) is 77.6 cm³/mol. The first-order valence-corrected chi connectivity index (χ1v) is 8.52. The average Bonchev–Trinajstić information content (AvgIpc) is 2.99. The van der Waals surface area contributed by atoms with Crippen molar-refractivity contribution in [1.82, 2.24) is 9.62 Å². The van der Waals surface area contributed by atoms with Gasteiger partial charge in [-0.05, 0) is 25.3 Å². The first kappa shape index (κ1) is 15.0. The Morgan fingerprint density at radius 1 is 1.25 bits per heavy atom. The predicted octanol–water partition coefficient (Wildman–Crippen LogP) is 1.29. The van der Waals surface area contributed by atoms with E-state index >= 15 is 0 Å². The van der Waals surface area contributed by atoms with Crippen molar-refractivity contribution in [2.75, 3.05) is 18.8 Å². The van der Waals surface area contributed by atoms with Crippen LogP contribution in [0.1, 0.15) is 31.4 Å². The molecule has 0 aromatic heterocycles. The molecule has 1 unspecified atom stereocenters. The van der Waals surface area contributed by atoms with E-state index in [0.717, 1.165) is 12.8 Å². The van der Waals surface area contributed by atoms with Crippen LogP contribution in [0.15, 0.2) is 30.3 Å². The Kier molecular flexibility index (Phi) is 4.77. The maximum Gasteiger partial charge on any atom is 0.245 e. The molecule has 0 radical (unpaired) electrons. The van der Waals surface area contributed by atoms with Gasteiger partial charge in [0.25, 0.3) is 0 Å². The van der Waals surface area contributed by atoms with Crippen molar-refractivity contribution in [2.45, 2.75) is 25.8 Å². The molecule has 1 amide bonds. The van der Waals surface area contributed by atoms with Gasteiger partial charge in [0.1, 0.15) is 6.04 Å². The number of nitrogens with zero attached hydrogens (tertiary/aromatic N) is 1. The molecule has 1 fully saturated rings. The molecule has 0 spiro atoms. The lowest BCUT2D eigenvalue weighted by Gasteiger charge is -2.24. The van der Waals surface area contributed by atoms with Crippen LogP contribution in [0.2, 0.25) is 0 Å². The third-order valence-electron chi connectivity index (χ3n) is 3.48. The standard InChI is InChI=1S/C14H20N2O3S/c1-2-20(18,19)15-13(12-8-4-3-5-9-12)14(17)16-10-6-7-11-16/h3-5,8-9,13,15H,2,6-7,10-11H2,1H3. The Morgan fingerprint density at radius 3 is 2.40 bits per heavy atom. The number of nitrogens with one attached hydrogen (secondary N) is 1. The van der Waals surface area contributed by atoms with E-state index in [-0.39, 0.29) is 11.7 Å². The molecule has 1 aromatic carbocycles. The van der Waals surface area contributed by atoms with Crippen molar-refractivity contribution in [3.63, 3.8) is 0 Å². The topological polar surface area (TPSA) is 66.5 Å². The summed E-state index contributed by atoms with van der Waals surface area (Å²) in [6.07, 6.45) is 1.96. The number of amides is 1. The highest BCUT2D eigenvalue weighted by atomic mass is 32.2. The third-order valence-corrected chi connectivity index (χ3v) is 4.83. The summed E-state index contributed by atoms with van der Waals surface area (Å²) in [4.78, 5) is 14.3. The van der Waals surface area contributed by atoms with Crippen molar-refractivity contribution in [3.8, 4) is 0 Å². The second kappa shape index (κ2) is 6.37. The van der Waals surface area contributed by atoms with Gasteiger partial charge in [-0.25, -0.2) is 8.42 Å². The summed E-state index contributed by atoms with van der Waals surface area (Å²) in [5.74, 6) is -0.199. The molecular formula is C14H20N2O3S. The summed E-state index contributed by atoms with van der Waals surface area (Å²) >= 11 is 0. The zero-order chi connectivity index (χ0) is 14.6. The summed E-state index contributed by atoms with van der Waals surface area (Å²) in [6.45, 7) is 2.97. The van der Waals surface area contributed by atoms with Crippen LogP contribution >= 0.6 is 0 Å². The van der Waals surface area contributed by atoms with Gasteiger partial charge < -0.3 is 4.90 Å². The minimum absolute atomic E-state index is 0.0381. The van der Waals surface area contributed by atoms with E-state index in [9.17, 15) is 13.2 Å². The molecule has 1 aliphatic heterocycles. The SMILES string of the molecule is CCS(=O)(=O)NC(C(=O)N1CCCC1)c1ccccc1. The number of benzene rings is 1. The molecule has 2 rings (SSSR count). The molecule has 0 bridgehead atoms. The van der Waals surface area contributed by atoms with Crippen molar-refractivity contribution in [3.05, 3.63) is 35.9 Å². The fourth-order valence-electron chi connectivity index (χ4n) is 2.29. The van der Waals surface area contributed by atoms with E-state index in [2.05, 4.69) is 4.72 Å². The maximum atomic E-state index is 12.5. The molecule has 0 aliphatic carbocycles. The highest BCUT2D eigenvalue weighted by molar-refractivity contribution is 7.89. The van der Waals surface area contributed by atoms with E-state index in [1.54, 1.807) is 36.1 Å². The van der Waals surface area contributed by atoms with Crippen molar-refractivity contribution in [2.24, 2.45) is 0 Å². The average molecular weight is 296 g/mol. The molecular weight excluding hydrogens is 276 g/mol. The van der Waals surface area contributed by atoms with Gasteiger partial charge in [-0.1, -0.05) is 30.3 Å². The molecule has 1 atom stereocenters. The molecule has 1 saturated heterocycles. The van der Waals surface area contributed by atoms with Gasteiger partial charge in [-0.3, -0.25) is 4.79 Å². The summed E-state index contributed by atoms with van der Waals surface area (Å²) in [5.41, 5.74) is 0.682. The third kappa shape index (κ3) is 3.58. The Balaban J connectivity index is 2.26. The Bertz CT molecular complexity index is 551. The number of hydrogen-bond donors (Lipinski definition) is 1. The van der Waals surface area contributed by atoms with Gasteiger partial charge in [-0.2, -0.15) is 4.72 Å². The molecule has 1 aromatic rings. The van der Waals surface area contributed by atoms with Crippen LogP contribution in [0.25, 0.3) is 0 Å². The van der Waals surface area contributed by atoms with Crippen LogP contribution in [0, 0.1) is 0 Å². The van der Waals surface area contributed by atoms with E-state index in [1.165, 1.54) is 0 Å². The monoisotopic (exact) mass is 296 g/mol. The number of carbonyl (C=O) groups excluding carboxylic acids is 1. The van der Waals surface area contributed by atoms with Gasteiger partial charge in [0, 0.05) is 13.1 Å². The summed E-state index contributed by atoms with van der Waals surface area (Å²) in [5, 5.41) is 0. The summed E-state index contributed by atoms with van der Waals surface area (Å²) in [7, 11) is -3.44. The van der Waals surface area contributed by atoms with Crippen LogP contribution in [0.3, 0.4) is 0 Å². The molecule has 6 heteroatoms. The van der Waals surface area contributed by atoms with E-state index < -0.39 is 16.1 Å². The number of likely N-dealkylation sites (tertiary alicyclic amines) is 1. The van der Waals surface area contributed by atoms with E-state index in [0.29, 0.717) is 18.7 Å². The molecule has 5 nitrogen and oxygen atoms in total. The van der Waals surface area contributed by atoms with Crippen LogP contribution < -0.4 is 4.72 Å². The second-order valence-electron chi connectivity index (χ2n) is 4.90. The first-order chi connectivity index (χ1) is 9.53. The lowest BCUT2D eigenvalue weighted by Crippen LogP contribution is -2.42. The lowest BCUT2D eigenvalue weighted by atomic mass is 10.1. The highest BCUT2D eigenvalue weighted by Gasteiger charge is 2.30. The number of rotatable bonds is 5. The summed E-state index contributed by atoms with van der Waals surface area (Å²) in [6, 6.07) is 8.18. The minimum atomic E-state index is -3.44. The fourth-order valence-corrected chi connectivity index (χ4v) is 3.05. The quantitative estimate of drug-likeness (QED) is 0.890. The van der Waals surface area contributed by atoms with Gasteiger partial charge in [-0.15, -0.1) is 0 Å². The first-order valence-electron chi connectivity index (χ1n) is 6.87. The molecule has 20 heavy (non-hydrogen) atoms. The van der Waals surface area contributed by atoms with Crippen molar-refractivity contribution >= 4 is 15.9 Å². The Morgan fingerprint density at radius 2 is 1.85 bits per heavy atom. The largest absolute Gasteiger partial charge is 0.341 e. The normalized spacial score (nSPS) is 17.1. The Labute approximate surface area is 120 Å². The smallest absolute Gasteiger partial charge is 0.245 e. The van der Waals surface area contributed by atoms with Crippen molar-refractivity contribution < 1.29 is 13.2 Å². The highest BCUT2D eigenvalue weighted by Crippen LogP contribution is 2.20. The van der Waals surface area contributed by atoms with E-state index in [4.69, 9.17) is 0 Å². The Hall–Kier alpha value is -1.40. The molecule has 1 heterocycles. The fraction of sp³-hybridized carbons (Fsp3) is 0.500. The van der Waals surface area contributed by atoms with Crippen LogP contribution in [-0.2, 0) is 14.8 Å². The van der Waals surface area contributed by atoms with E-state index in [1.807, 2.05) is 6.07 Å². The van der Waals surface area contributed by atoms with Crippen LogP contribution in [-0.4, -0.2) is 38.1 Å². The number of hydrogen-bond acceptors (Lipinski definition) is 3. The maximum absolute atomic E-state index is 12.5. The minimum Gasteiger partial charge on any atom is -0.341 e. The molecule has 110 valence electrons. The van der Waals surface area contributed by atoms with Gasteiger partial charge >= 0.3 is 0 Å². The second-order valence-corrected chi connectivity index (χ2v) is 6.94.